The summed E-state index contributed by atoms with van der Waals surface area (Å²) in [5.74, 6) is 0.605. The highest BCUT2D eigenvalue weighted by Gasteiger charge is 2.25. The van der Waals surface area contributed by atoms with Crippen LogP contribution in [0.1, 0.15) is 19.8 Å². The monoisotopic (exact) mass is 306 g/mol. The molecule has 0 bridgehead atoms. The second-order valence-corrected chi connectivity index (χ2v) is 5.15. The van der Waals surface area contributed by atoms with Gasteiger partial charge in [0.05, 0.1) is 6.61 Å². The summed E-state index contributed by atoms with van der Waals surface area (Å²) in [7, 11) is 0. The number of hydrogen-bond donors (Lipinski definition) is 1. The highest BCUT2D eigenvalue weighted by molar-refractivity contribution is 5.78. The number of alkyl carbamates (subject to hydrolysis) is 1. The van der Waals surface area contributed by atoms with Gasteiger partial charge in [-0.25, -0.2) is 4.79 Å². The molecule has 1 saturated heterocycles. The van der Waals surface area contributed by atoms with Gasteiger partial charge in [-0.05, 0) is 31.9 Å². The van der Waals surface area contributed by atoms with E-state index < -0.39 is 6.09 Å². The van der Waals surface area contributed by atoms with Gasteiger partial charge >= 0.3 is 6.09 Å². The summed E-state index contributed by atoms with van der Waals surface area (Å²) >= 11 is 0. The second-order valence-electron chi connectivity index (χ2n) is 5.15. The van der Waals surface area contributed by atoms with E-state index in [1.807, 2.05) is 30.3 Å². The standard InChI is InChI=1S/C16H22N2O4/c1-2-21-16(20)17-13-7-6-10-18(11-13)15(19)12-22-14-8-4-3-5-9-14/h3-5,8-9,13H,2,6-7,10-12H2,1H3,(H,17,20)/t13-/m1/s1. The minimum absolute atomic E-state index is 0.0101. The molecule has 6 nitrogen and oxygen atoms in total. The van der Waals surface area contributed by atoms with Crippen molar-refractivity contribution < 1.29 is 19.1 Å². The first-order chi connectivity index (χ1) is 10.7. The smallest absolute Gasteiger partial charge is 0.407 e. The maximum atomic E-state index is 12.2. The van der Waals surface area contributed by atoms with Crippen molar-refractivity contribution in [3.8, 4) is 5.75 Å². The maximum Gasteiger partial charge on any atom is 0.407 e. The van der Waals surface area contributed by atoms with Crippen molar-refractivity contribution in [2.75, 3.05) is 26.3 Å². The van der Waals surface area contributed by atoms with E-state index in [1.54, 1.807) is 11.8 Å². The molecule has 1 aliphatic heterocycles. The molecule has 1 aromatic carbocycles. The second kappa shape index (κ2) is 8.26. The summed E-state index contributed by atoms with van der Waals surface area (Å²) < 4.78 is 10.3. The zero-order valence-electron chi connectivity index (χ0n) is 12.8. The fourth-order valence-corrected chi connectivity index (χ4v) is 2.41. The van der Waals surface area contributed by atoms with E-state index in [0.717, 1.165) is 12.8 Å². The van der Waals surface area contributed by atoms with Crippen LogP contribution in [-0.2, 0) is 9.53 Å². The molecule has 22 heavy (non-hydrogen) atoms. The minimum atomic E-state index is -0.428. The molecule has 0 unspecified atom stereocenters. The first-order valence-electron chi connectivity index (χ1n) is 7.58. The molecule has 1 fully saturated rings. The van der Waals surface area contributed by atoms with Gasteiger partial charge in [0, 0.05) is 19.1 Å². The van der Waals surface area contributed by atoms with Gasteiger partial charge in [0.1, 0.15) is 5.75 Å². The Bertz CT molecular complexity index is 492. The molecule has 0 saturated carbocycles. The van der Waals surface area contributed by atoms with Crippen molar-refractivity contribution in [2.24, 2.45) is 0 Å². The van der Waals surface area contributed by atoms with Crippen molar-refractivity contribution in [3.63, 3.8) is 0 Å². The van der Waals surface area contributed by atoms with Crippen LogP contribution in [0.2, 0.25) is 0 Å². The molecule has 0 aliphatic carbocycles. The number of hydrogen-bond acceptors (Lipinski definition) is 4. The Hall–Kier alpha value is -2.24. The first-order valence-corrected chi connectivity index (χ1v) is 7.58. The van der Waals surface area contributed by atoms with Crippen LogP contribution in [0.15, 0.2) is 30.3 Å². The number of carbonyl (C=O) groups is 2. The van der Waals surface area contributed by atoms with Gasteiger partial charge in [-0.3, -0.25) is 4.79 Å². The molecule has 2 amide bonds. The largest absolute Gasteiger partial charge is 0.484 e. The van der Waals surface area contributed by atoms with E-state index in [1.165, 1.54) is 0 Å². The number of para-hydroxylation sites is 1. The number of rotatable bonds is 5. The van der Waals surface area contributed by atoms with Crippen LogP contribution >= 0.6 is 0 Å². The topological polar surface area (TPSA) is 67.9 Å². The number of amides is 2. The van der Waals surface area contributed by atoms with E-state index in [9.17, 15) is 9.59 Å². The van der Waals surface area contributed by atoms with Gasteiger partial charge in [-0.15, -0.1) is 0 Å². The molecule has 120 valence electrons. The van der Waals surface area contributed by atoms with Gasteiger partial charge in [0.25, 0.3) is 5.91 Å². The third-order valence-corrected chi connectivity index (χ3v) is 3.48. The van der Waals surface area contributed by atoms with Crippen LogP contribution in [0.25, 0.3) is 0 Å². The molecule has 0 aromatic heterocycles. The molecule has 1 aliphatic rings. The fraction of sp³-hybridized carbons (Fsp3) is 0.500. The number of nitrogens with one attached hydrogen (secondary N) is 1. The minimum Gasteiger partial charge on any atom is -0.484 e. The highest BCUT2D eigenvalue weighted by atomic mass is 16.5. The number of ether oxygens (including phenoxy) is 2. The zero-order chi connectivity index (χ0) is 15.8. The molecule has 0 radical (unpaired) electrons. The lowest BCUT2D eigenvalue weighted by Crippen LogP contribution is -2.50. The first kappa shape index (κ1) is 16.1. The zero-order valence-corrected chi connectivity index (χ0v) is 12.8. The van der Waals surface area contributed by atoms with Crippen LogP contribution in [0, 0.1) is 0 Å². The van der Waals surface area contributed by atoms with E-state index >= 15 is 0 Å². The third kappa shape index (κ3) is 4.95. The van der Waals surface area contributed by atoms with Crippen molar-refractivity contribution in [1.29, 1.82) is 0 Å². The molecule has 0 spiro atoms. The third-order valence-electron chi connectivity index (χ3n) is 3.48. The van der Waals surface area contributed by atoms with Crippen molar-refractivity contribution >= 4 is 12.0 Å². The van der Waals surface area contributed by atoms with E-state index in [-0.39, 0.29) is 18.6 Å². The summed E-state index contributed by atoms with van der Waals surface area (Å²) in [5.41, 5.74) is 0. The molecule has 1 N–H and O–H groups in total. The lowest BCUT2D eigenvalue weighted by atomic mass is 10.1. The van der Waals surface area contributed by atoms with Crippen molar-refractivity contribution in [1.82, 2.24) is 10.2 Å². The van der Waals surface area contributed by atoms with Gasteiger partial charge in [-0.2, -0.15) is 0 Å². The number of piperidine rings is 1. The lowest BCUT2D eigenvalue weighted by molar-refractivity contribution is -0.134. The summed E-state index contributed by atoms with van der Waals surface area (Å²) in [6.07, 6.45) is 1.28. The van der Waals surface area contributed by atoms with Crippen LogP contribution in [0.5, 0.6) is 5.75 Å². The SMILES string of the molecule is CCOC(=O)N[C@@H]1CCCN(C(=O)COc2ccccc2)C1. The van der Waals surface area contributed by atoms with E-state index in [2.05, 4.69) is 5.32 Å². The quantitative estimate of drug-likeness (QED) is 0.901. The summed E-state index contributed by atoms with van der Waals surface area (Å²) in [5, 5.41) is 2.78. The van der Waals surface area contributed by atoms with Crippen LogP contribution in [-0.4, -0.2) is 49.2 Å². The number of carbonyl (C=O) groups excluding carboxylic acids is 2. The lowest BCUT2D eigenvalue weighted by Gasteiger charge is -2.32. The molecule has 1 heterocycles. The highest BCUT2D eigenvalue weighted by Crippen LogP contribution is 2.12. The molecule has 6 heteroatoms. The number of nitrogens with zero attached hydrogens (tertiary/aromatic N) is 1. The Kier molecular flexibility index (Phi) is 6.06. The Labute approximate surface area is 130 Å². The van der Waals surface area contributed by atoms with Crippen molar-refractivity contribution in [2.45, 2.75) is 25.8 Å². The van der Waals surface area contributed by atoms with Crippen molar-refractivity contribution in [3.05, 3.63) is 30.3 Å². The Balaban J connectivity index is 1.78. The average molecular weight is 306 g/mol. The van der Waals surface area contributed by atoms with E-state index in [0.29, 0.717) is 25.4 Å². The Morgan fingerprint density at radius 2 is 2.09 bits per heavy atom. The molecule has 1 atom stereocenters. The van der Waals surface area contributed by atoms with Crippen LogP contribution in [0.3, 0.4) is 0 Å². The predicted molar refractivity (Wildman–Crippen MR) is 81.7 cm³/mol. The molecular formula is C16H22N2O4. The summed E-state index contributed by atoms with van der Waals surface area (Å²) in [6, 6.07) is 9.18. The van der Waals surface area contributed by atoms with E-state index in [4.69, 9.17) is 9.47 Å². The summed E-state index contributed by atoms with van der Waals surface area (Å²) in [4.78, 5) is 25.3. The number of likely N-dealkylation sites (tertiary alicyclic amines) is 1. The van der Waals surface area contributed by atoms with Gasteiger partial charge in [0.2, 0.25) is 0 Å². The van der Waals surface area contributed by atoms with Crippen LogP contribution < -0.4 is 10.1 Å². The number of benzene rings is 1. The fourth-order valence-electron chi connectivity index (χ4n) is 2.41. The molecule has 2 rings (SSSR count). The Morgan fingerprint density at radius 3 is 2.82 bits per heavy atom. The predicted octanol–water partition coefficient (Wildman–Crippen LogP) is 1.80. The normalized spacial score (nSPS) is 17.7. The van der Waals surface area contributed by atoms with Crippen LogP contribution in [0.4, 0.5) is 4.79 Å². The maximum absolute atomic E-state index is 12.2. The van der Waals surface area contributed by atoms with Gasteiger partial charge in [-0.1, -0.05) is 18.2 Å². The molecule has 1 aromatic rings. The summed E-state index contributed by atoms with van der Waals surface area (Å²) in [6.45, 7) is 3.30. The Morgan fingerprint density at radius 1 is 1.32 bits per heavy atom. The average Bonchev–Trinajstić information content (AvgIpc) is 2.54. The van der Waals surface area contributed by atoms with Gasteiger partial charge < -0.3 is 19.7 Å². The van der Waals surface area contributed by atoms with Gasteiger partial charge in [0.15, 0.2) is 6.61 Å². The molecular weight excluding hydrogens is 284 g/mol.